The molecule has 194 valence electrons. The van der Waals surface area contributed by atoms with Gasteiger partial charge in [-0.05, 0) is 36.1 Å². The number of likely N-dealkylation sites (N-methyl/N-ethyl adjacent to an activating group) is 1. The third kappa shape index (κ3) is 7.53. The van der Waals surface area contributed by atoms with Gasteiger partial charge in [0.15, 0.2) is 0 Å². The number of hydrogen-bond acceptors (Lipinski definition) is 5. The van der Waals surface area contributed by atoms with Crippen LogP contribution >= 0.6 is 34.8 Å². The molecular formula is C27H32Cl3N3O3. The van der Waals surface area contributed by atoms with Crippen molar-refractivity contribution in [1.29, 1.82) is 0 Å². The number of halogens is 3. The molecule has 0 bridgehead atoms. The summed E-state index contributed by atoms with van der Waals surface area (Å²) in [4.78, 5) is 17.0. The Kier molecular flexibility index (Phi) is 9.07. The van der Waals surface area contributed by atoms with Crippen LogP contribution in [-0.2, 0) is 16.0 Å². The molecule has 2 aromatic carbocycles. The monoisotopic (exact) mass is 551 g/mol. The van der Waals surface area contributed by atoms with E-state index in [2.05, 4.69) is 33.3 Å². The Balaban J connectivity index is 1.37. The molecule has 1 N–H and O–H groups in total. The van der Waals surface area contributed by atoms with E-state index in [4.69, 9.17) is 44.3 Å². The summed E-state index contributed by atoms with van der Waals surface area (Å²) in [5.74, 6) is 0.234. The highest BCUT2D eigenvalue weighted by Gasteiger charge is 2.42. The summed E-state index contributed by atoms with van der Waals surface area (Å²) in [5.41, 5.74) is 2.79. The molecule has 1 fully saturated rings. The van der Waals surface area contributed by atoms with Gasteiger partial charge in [-0.25, -0.2) is 0 Å². The lowest BCUT2D eigenvalue weighted by atomic mass is 9.74. The molecule has 2 aliphatic rings. The second kappa shape index (κ2) is 12.1. The Bertz CT molecular complexity index is 1050. The van der Waals surface area contributed by atoms with E-state index < -0.39 is 15.2 Å². The summed E-state index contributed by atoms with van der Waals surface area (Å²) in [6, 6.07) is 18.1. The van der Waals surface area contributed by atoms with Crippen LogP contribution in [0.25, 0.3) is 0 Å². The molecule has 0 radical (unpaired) electrons. The van der Waals surface area contributed by atoms with E-state index >= 15 is 0 Å². The first-order valence-electron chi connectivity index (χ1n) is 12.1. The molecular weight excluding hydrogens is 521 g/mol. The van der Waals surface area contributed by atoms with Crippen molar-refractivity contribution in [3.63, 3.8) is 0 Å². The average molecular weight is 553 g/mol. The lowest BCUT2D eigenvalue weighted by Gasteiger charge is -2.43. The minimum absolute atomic E-state index is 0.580. The molecule has 1 heterocycles. The third-order valence-corrected chi connectivity index (χ3v) is 7.00. The quantitative estimate of drug-likeness (QED) is 0.344. The van der Waals surface area contributed by atoms with Gasteiger partial charge in [0.05, 0.1) is 18.8 Å². The second-order valence-electron chi connectivity index (χ2n) is 9.41. The van der Waals surface area contributed by atoms with Crippen molar-refractivity contribution in [1.82, 2.24) is 10.2 Å². The number of nitrogens with zero attached hydrogens (tertiary/aromatic N) is 2. The zero-order chi connectivity index (χ0) is 25.6. The zero-order valence-corrected chi connectivity index (χ0v) is 22.7. The first-order chi connectivity index (χ1) is 17.2. The van der Waals surface area contributed by atoms with Crippen molar-refractivity contribution in [3.8, 4) is 5.75 Å². The summed E-state index contributed by atoms with van der Waals surface area (Å²) in [5, 5.41) is 2.96. The standard InChI is InChI=1S/C27H32Cl3N3O3/c1-32(23-8-5-9-24(16-23)36-15-12-33-10-13-35-14-11-33)20-22-18-26(19-22,31-25(34)27(28,29)30)17-21-6-3-2-4-7-21/h2-9,16,18H,10-15,17,19-20H2,1H3,(H,31,34). The van der Waals surface area contributed by atoms with Gasteiger partial charge >= 0.3 is 0 Å². The number of anilines is 1. The van der Waals surface area contributed by atoms with Gasteiger partial charge < -0.3 is 19.7 Å². The van der Waals surface area contributed by atoms with Crippen LogP contribution in [0, 0.1) is 0 Å². The molecule has 1 unspecified atom stereocenters. The highest BCUT2D eigenvalue weighted by Crippen LogP contribution is 2.37. The van der Waals surface area contributed by atoms with Crippen LogP contribution in [0.15, 0.2) is 66.2 Å². The van der Waals surface area contributed by atoms with Crippen molar-refractivity contribution in [2.24, 2.45) is 0 Å². The van der Waals surface area contributed by atoms with Crippen LogP contribution in [0.3, 0.4) is 0 Å². The lowest BCUT2D eigenvalue weighted by Crippen LogP contribution is -2.56. The number of alkyl halides is 3. The van der Waals surface area contributed by atoms with Crippen LogP contribution in [0.4, 0.5) is 5.69 Å². The van der Waals surface area contributed by atoms with Crippen molar-refractivity contribution in [2.45, 2.75) is 22.2 Å². The second-order valence-corrected chi connectivity index (χ2v) is 11.7. The summed E-state index contributed by atoms with van der Waals surface area (Å²) >= 11 is 17.5. The van der Waals surface area contributed by atoms with Crippen LogP contribution in [0.2, 0.25) is 0 Å². The fourth-order valence-electron chi connectivity index (χ4n) is 4.69. The van der Waals surface area contributed by atoms with Crippen molar-refractivity contribution < 1.29 is 14.3 Å². The third-order valence-electron chi connectivity index (χ3n) is 6.48. The van der Waals surface area contributed by atoms with Gasteiger partial charge in [-0.15, -0.1) is 0 Å². The van der Waals surface area contributed by atoms with Gasteiger partial charge in [0.25, 0.3) is 9.70 Å². The normalized spacial score (nSPS) is 20.3. The first kappa shape index (κ1) is 27.1. The number of benzene rings is 2. The summed E-state index contributed by atoms with van der Waals surface area (Å²) in [6.45, 7) is 5.73. The van der Waals surface area contributed by atoms with Gasteiger partial charge in [-0.3, -0.25) is 9.69 Å². The molecule has 4 rings (SSSR count). The molecule has 1 aliphatic heterocycles. The van der Waals surface area contributed by atoms with E-state index in [1.54, 1.807) is 0 Å². The Morgan fingerprint density at radius 2 is 1.86 bits per heavy atom. The largest absolute Gasteiger partial charge is 0.492 e. The van der Waals surface area contributed by atoms with E-state index in [1.165, 1.54) is 5.57 Å². The van der Waals surface area contributed by atoms with E-state index in [9.17, 15) is 4.79 Å². The number of rotatable bonds is 10. The number of amides is 1. The molecule has 2 aromatic rings. The molecule has 9 heteroatoms. The predicted molar refractivity (Wildman–Crippen MR) is 146 cm³/mol. The van der Waals surface area contributed by atoms with Crippen molar-refractivity contribution in [3.05, 3.63) is 71.8 Å². The minimum atomic E-state index is -2.01. The molecule has 1 aliphatic carbocycles. The average Bonchev–Trinajstić information content (AvgIpc) is 2.84. The number of carbonyl (C=O) groups is 1. The Labute approximate surface area is 228 Å². The smallest absolute Gasteiger partial charge is 0.272 e. The maximum absolute atomic E-state index is 12.5. The lowest BCUT2D eigenvalue weighted by molar-refractivity contribution is -0.121. The van der Waals surface area contributed by atoms with Gasteiger partial charge in [0, 0.05) is 45.0 Å². The summed E-state index contributed by atoms with van der Waals surface area (Å²) in [7, 11) is 2.05. The van der Waals surface area contributed by atoms with Gasteiger partial charge in [-0.2, -0.15) is 0 Å². The Morgan fingerprint density at radius 1 is 1.14 bits per heavy atom. The first-order valence-corrected chi connectivity index (χ1v) is 13.2. The minimum Gasteiger partial charge on any atom is -0.492 e. The van der Waals surface area contributed by atoms with Gasteiger partial charge in [0.2, 0.25) is 0 Å². The Morgan fingerprint density at radius 3 is 2.56 bits per heavy atom. The van der Waals surface area contributed by atoms with E-state index in [0.717, 1.165) is 56.4 Å². The Hall–Kier alpha value is -1.96. The topological polar surface area (TPSA) is 54.0 Å². The van der Waals surface area contributed by atoms with Crippen molar-refractivity contribution >= 4 is 46.4 Å². The van der Waals surface area contributed by atoms with Crippen LogP contribution in [-0.4, -0.2) is 73.2 Å². The molecule has 0 aromatic heterocycles. The van der Waals surface area contributed by atoms with Crippen LogP contribution in [0.5, 0.6) is 5.75 Å². The van der Waals surface area contributed by atoms with Crippen molar-refractivity contribution in [2.75, 3.05) is 57.9 Å². The van der Waals surface area contributed by atoms with Crippen LogP contribution in [0.1, 0.15) is 12.0 Å². The molecule has 1 atom stereocenters. The molecule has 1 amide bonds. The molecule has 0 spiro atoms. The predicted octanol–water partition coefficient (Wildman–Crippen LogP) is 4.63. The van der Waals surface area contributed by atoms with Gasteiger partial charge in [0.1, 0.15) is 12.4 Å². The van der Waals surface area contributed by atoms with Gasteiger partial charge in [-0.1, -0.05) is 77.3 Å². The molecule has 1 saturated heterocycles. The number of hydrogen-bond donors (Lipinski definition) is 1. The highest BCUT2D eigenvalue weighted by molar-refractivity contribution is 6.76. The van der Waals surface area contributed by atoms with E-state index in [1.807, 2.05) is 49.5 Å². The zero-order valence-electron chi connectivity index (χ0n) is 20.4. The highest BCUT2D eigenvalue weighted by atomic mass is 35.6. The fourth-order valence-corrected chi connectivity index (χ4v) is 4.83. The van der Waals surface area contributed by atoms with E-state index in [-0.39, 0.29) is 0 Å². The summed E-state index contributed by atoms with van der Waals surface area (Å²) in [6.07, 6.45) is 3.39. The number of nitrogens with one attached hydrogen (secondary N) is 1. The maximum atomic E-state index is 12.5. The van der Waals surface area contributed by atoms with E-state index in [0.29, 0.717) is 19.4 Å². The number of morpholine rings is 1. The number of carbonyl (C=O) groups excluding carboxylic acids is 1. The SMILES string of the molecule is CN(CC1=CC(Cc2ccccc2)(NC(=O)C(Cl)(Cl)Cl)C1)c1cccc(OCCN2CCOCC2)c1. The fraction of sp³-hybridized carbons (Fsp3) is 0.444. The summed E-state index contributed by atoms with van der Waals surface area (Å²) < 4.78 is 9.40. The number of ether oxygens (including phenoxy) is 2. The van der Waals surface area contributed by atoms with Crippen LogP contribution < -0.4 is 15.0 Å². The maximum Gasteiger partial charge on any atom is 0.272 e. The molecule has 6 nitrogen and oxygen atoms in total. The molecule has 0 saturated carbocycles. The molecule has 36 heavy (non-hydrogen) atoms.